The van der Waals surface area contributed by atoms with E-state index in [2.05, 4.69) is 15.0 Å². The SMILES string of the molecule is O=C(O)c1ccc(OCC(c2ccc(F)cc2)c2ncc[nH]2)nc1-c1ccc(F)cc1. The number of aromatic carboxylic acids is 1. The number of carbonyl (C=O) groups is 1. The average Bonchev–Trinajstić information content (AvgIpc) is 3.30. The van der Waals surface area contributed by atoms with Crippen molar-refractivity contribution in [3.63, 3.8) is 0 Å². The molecule has 0 fully saturated rings. The average molecular weight is 421 g/mol. The van der Waals surface area contributed by atoms with E-state index in [1.54, 1.807) is 24.5 Å². The van der Waals surface area contributed by atoms with Crippen LogP contribution in [0.1, 0.15) is 27.7 Å². The summed E-state index contributed by atoms with van der Waals surface area (Å²) in [6, 6.07) is 14.2. The van der Waals surface area contributed by atoms with Gasteiger partial charge in [0.05, 0.1) is 17.2 Å². The van der Waals surface area contributed by atoms with E-state index in [0.29, 0.717) is 11.4 Å². The largest absolute Gasteiger partial charge is 0.478 e. The molecule has 8 heteroatoms. The van der Waals surface area contributed by atoms with Crippen LogP contribution in [0.25, 0.3) is 11.3 Å². The molecule has 0 radical (unpaired) electrons. The van der Waals surface area contributed by atoms with Gasteiger partial charge in [0.2, 0.25) is 5.88 Å². The van der Waals surface area contributed by atoms with Crippen LogP contribution in [0.5, 0.6) is 5.88 Å². The monoisotopic (exact) mass is 421 g/mol. The molecule has 4 aromatic rings. The van der Waals surface area contributed by atoms with Crippen LogP contribution in [0.4, 0.5) is 8.78 Å². The van der Waals surface area contributed by atoms with Crippen molar-refractivity contribution in [1.29, 1.82) is 0 Å². The molecule has 0 bridgehead atoms. The maximum absolute atomic E-state index is 13.3. The number of benzene rings is 2. The van der Waals surface area contributed by atoms with Crippen molar-refractivity contribution in [3.05, 3.63) is 102 Å². The fourth-order valence-electron chi connectivity index (χ4n) is 3.19. The van der Waals surface area contributed by atoms with Gasteiger partial charge in [0.15, 0.2) is 0 Å². The lowest BCUT2D eigenvalue weighted by molar-refractivity contribution is 0.0697. The minimum atomic E-state index is -1.15. The van der Waals surface area contributed by atoms with Gasteiger partial charge in [-0.25, -0.2) is 23.5 Å². The first kappa shape index (κ1) is 20.2. The van der Waals surface area contributed by atoms with E-state index in [0.717, 1.165) is 5.56 Å². The number of aromatic amines is 1. The summed E-state index contributed by atoms with van der Waals surface area (Å²) in [5.74, 6) is -1.44. The van der Waals surface area contributed by atoms with E-state index in [9.17, 15) is 18.7 Å². The molecule has 6 nitrogen and oxygen atoms in total. The summed E-state index contributed by atoms with van der Waals surface area (Å²) in [5.41, 5.74) is 1.38. The van der Waals surface area contributed by atoms with Gasteiger partial charge in [0, 0.05) is 24.0 Å². The Morgan fingerprint density at radius 3 is 2.29 bits per heavy atom. The first-order valence-corrected chi connectivity index (χ1v) is 9.39. The van der Waals surface area contributed by atoms with Gasteiger partial charge in [-0.15, -0.1) is 0 Å². The molecule has 0 amide bonds. The Hall–Kier alpha value is -4.07. The third-order valence-corrected chi connectivity index (χ3v) is 4.74. The zero-order valence-electron chi connectivity index (χ0n) is 16.1. The van der Waals surface area contributed by atoms with Crippen LogP contribution in [0, 0.1) is 11.6 Å². The molecule has 0 aliphatic heterocycles. The van der Waals surface area contributed by atoms with Gasteiger partial charge in [0.1, 0.15) is 24.1 Å². The lowest BCUT2D eigenvalue weighted by Gasteiger charge is -2.17. The second-order valence-electron chi connectivity index (χ2n) is 6.75. The Kier molecular flexibility index (Phi) is 5.70. The summed E-state index contributed by atoms with van der Waals surface area (Å²) in [6.07, 6.45) is 3.29. The van der Waals surface area contributed by atoms with Crippen molar-refractivity contribution in [2.75, 3.05) is 6.61 Å². The van der Waals surface area contributed by atoms with E-state index in [1.165, 1.54) is 48.5 Å². The maximum atomic E-state index is 13.3. The second-order valence-corrected chi connectivity index (χ2v) is 6.75. The molecule has 1 atom stereocenters. The molecule has 1 unspecified atom stereocenters. The van der Waals surface area contributed by atoms with Gasteiger partial charge >= 0.3 is 5.97 Å². The van der Waals surface area contributed by atoms with Crippen LogP contribution in [-0.2, 0) is 0 Å². The summed E-state index contributed by atoms with van der Waals surface area (Å²) < 4.78 is 32.5. The van der Waals surface area contributed by atoms with Gasteiger partial charge < -0.3 is 14.8 Å². The predicted molar refractivity (Wildman–Crippen MR) is 109 cm³/mol. The molecule has 2 aromatic heterocycles. The van der Waals surface area contributed by atoms with Crippen LogP contribution < -0.4 is 4.74 Å². The zero-order chi connectivity index (χ0) is 21.8. The normalized spacial score (nSPS) is 11.8. The molecule has 31 heavy (non-hydrogen) atoms. The lowest BCUT2D eigenvalue weighted by Crippen LogP contribution is -2.14. The Morgan fingerprint density at radius 2 is 1.68 bits per heavy atom. The smallest absolute Gasteiger partial charge is 0.337 e. The van der Waals surface area contributed by atoms with E-state index >= 15 is 0 Å². The number of ether oxygens (including phenoxy) is 1. The van der Waals surface area contributed by atoms with E-state index in [1.807, 2.05) is 0 Å². The number of carboxylic acid groups (broad SMARTS) is 1. The zero-order valence-corrected chi connectivity index (χ0v) is 16.1. The molecule has 156 valence electrons. The summed E-state index contributed by atoms with van der Waals surface area (Å²) in [5, 5.41) is 9.49. The minimum Gasteiger partial charge on any atom is -0.478 e. The Balaban J connectivity index is 1.63. The molecule has 2 heterocycles. The molecular weight excluding hydrogens is 404 g/mol. The summed E-state index contributed by atoms with van der Waals surface area (Å²) in [4.78, 5) is 23.3. The number of carboxylic acids is 1. The Morgan fingerprint density at radius 1 is 1.00 bits per heavy atom. The topological polar surface area (TPSA) is 88.1 Å². The fraction of sp³-hybridized carbons (Fsp3) is 0.0870. The highest BCUT2D eigenvalue weighted by molar-refractivity contribution is 5.94. The van der Waals surface area contributed by atoms with Crippen LogP contribution in [-0.4, -0.2) is 32.6 Å². The summed E-state index contributed by atoms with van der Waals surface area (Å²) in [6.45, 7) is 0.126. The number of hydrogen-bond donors (Lipinski definition) is 2. The molecule has 0 aliphatic carbocycles. The fourth-order valence-corrected chi connectivity index (χ4v) is 3.19. The molecule has 0 saturated carbocycles. The standard InChI is InChI=1S/C23H17F2N3O3/c24-16-5-1-14(2-6-16)19(22-26-11-12-27-22)13-31-20-10-9-18(23(29)30)21(28-20)15-3-7-17(25)8-4-15/h1-12,19H,13H2,(H,26,27)(H,29,30). The first-order chi connectivity index (χ1) is 15.0. The number of imidazole rings is 1. The third kappa shape index (κ3) is 4.58. The van der Waals surface area contributed by atoms with Crippen LogP contribution in [0.2, 0.25) is 0 Å². The summed E-state index contributed by atoms with van der Waals surface area (Å²) in [7, 11) is 0. The van der Waals surface area contributed by atoms with Gasteiger partial charge in [-0.2, -0.15) is 0 Å². The van der Waals surface area contributed by atoms with Crippen molar-refractivity contribution < 1.29 is 23.4 Å². The Labute approximate surface area is 176 Å². The van der Waals surface area contributed by atoms with E-state index in [-0.39, 0.29) is 35.5 Å². The molecule has 0 saturated heterocycles. The van der Waals surface area contributed by atoms with E-state index in [4.69, 9.17) is 4.74 Å². The van der Waals surface area contributed by atoms with Gasteiger partial charge in [-0.1, -0.05) is 12.1 Å². The first-order valence-electron chi connectivity index (χ1n) is 9.39. The minimum absolute atomic E-state index is 0.0277. The van der Waals surface area contributed by atoms with Crippen molar-refractivity contribution in [1.82, 2.24) is 15.0 Å². The highest BCUT2D eigenvalue weighted by Gasteiger charge is 2.20. The van der Waals surface area contributed by atoms with Gasteiger partial charge in [-0.3, -0.25) is 0 Å². The molecule has 4 rings (SSSR count). The molecule has 2 N–H and O–H groups in total. The molecular formula is C23H17F2N3O3. The van der Waals surface area contributed by atoms with Gasteiger partial charge in [-0.05, 0) is 48.0 Å². The highest BCUT2D eigenvalue weighted by atomic mass is 19.1. The highest BCUT2D eigenvalue weighted by Crippen LogP contribution is 2.27. The molecule has 0 spiro atoms. The maximum Gasteiger partial charge on any atom is 0.337 e. The van der Waals surface area contributed by atoms with Crippen LogP contribution >= 0.6 is 0 Å². The molecule has 0 aliphatic rings. The van der Waals surface area contributed by atoms with Crippen molar-refractivity contribution in [2.24, 2.45) is 0 Å². The number of aromatic nitrogens is 3. The number of H-pyrrole nitrogens is 1. The third-order valence-electron chi connectivity index (χ3n) is 4.74. The summed E-state index contributed by atoms with van der Waals surface area (Å²) >= 11 is 0. The number of nitrogens with one attached hydrogen (secondary N) is 1. The molecule has 2 aromatic carbocycles. The lowest BCUT2D eigenvalue weighted by atomic mass is 9.99. The van der Waals surface area contributed by atoms with E-state index < -0.39 is 11.8 Å². The van der Waals surface area contributed by atoms with Crippen LogP contribution in [0.15, 0.2) is 73.1 Å². The van der Waals surface area contributed by atoms with Crippen molar-refractivity contribution in [2.45, 2.75) is 5.92 Å². The predicted octanol–water partition coefficient (Wildman–Crippen LogP) is 4.66. The van der Waals surface area contributed by atoms with Gasteiger partial charge in [0.25, 0.3) is 0 Å². The number of pyridine rings is 1. The number of nitrogens with zero attached hydrogens (tertiary/aromatic N) is 2. The number of hydrogen-bond acceptors (Lipinski definition) is 4. The quantitative estimate of drug-likeness (QED) is 0.453. The van der Waals surface area contributed by atoms with Crippen molar-refractivity contribution in [3.8, 4) is 17.1 Å². The Bertz CT molecular complexity index is 1180. The number of halogens is 2. The number of rotatable bonds is 7. The van der Waals surface area contributed by atoms with Crippen LogP contribution in [0.3, 0.4) is 0 Å². The second kappa shape index (κ2) is 8.74. The van der Waals surface area contributed by atoms with Crippen molar-refractivity contribution >= 4 is 5.97 Å².